The second-order valence-corrected chi connectivity index (χ2v) is 5.89. The molecule has 1 amide bonds. The Hall–Kier alpha value is -0.260. The van der Waals surface area contributed by atoms with E-state index in [0.29, 0.717) is 13.0 Å². The lowest BCUT2D eigenvalue weighted by atomic mass is 10.1. The summed E-state index contributed by atoms with van der Waals surface area (Å²) in [6.45, 7) is 8.38. The first-order valence-electron chi connectivity index (χ1n) is 7.02. The quantitative estimate of drug-likeness (QED) is 0.785. The van der Waals surface area contributed by atoms with E-state index < -0.39 is 0 Å². The summed E-state index contributed by atoms with van der Waals surface area (Å²) in [5.74, 6) is 2.64. The zero-order chi connectivity index (χ0) is 13.4. The lowest BCUT2D eigenvalue weighted by Gasteiger charge is -2.30. The normalized spacial score (nSPS) is 19.3. The molecule has 1 rings (SSSR count). The molecule has 5 heteroatoms. The molecule has 1 aliphatic rings. The first-order valence-corrected chi connectivity index (χ1v) is 8.18. The third-order valence-corrected chi connectivity index (χ3v) is 4.62. The number of rotatable bonds is 6. The van der Waals surface area contributed by atoms with Crippen LogP contribution < -0.4 is 5.73 Å². The van der Waals surface area contributed by atoms with Crippen LogP contribution in [0.15, 0.2) is 0 Å². The molecule has 1 atom stereocenters. The molecule has 1 heterocycles. The molecule has 1 fully saturated rings. The van der Waals surface area contributed by atoms with Crippen LogP contribution >= 0.6 is 11.8 Å². The number of hydrogen-bond acceptors (Lipinski definition) is 4. The SMILES string of the molecule is CCN(CC)C(=O)CC(CN)N1CCCSCC1. The summed E-state index contributed by atoms with van der Waals surface area (Å²) in [6, 6.07) is 0.219. The summed E-state index contributed by atoms with van der Waals surface area (Å²) in [5, 5.41) is 0. The summed E-state index contributed by atoms with van der Waals surface area (Å²) < 4.78 is 0. The Kier molecular flexibility index (Phi) is 7.70. The van der Waals surface area contributed by atoms with Crippen molar-refractivity contribution in [2.75, 3.05) is 44.2 Å². The fourth-order valence-electron chi connectivity index (χ4n) is 2.40. The number of nitrogens with zero attached hydrogens (tertiary/aromatic N) is 2. The molecule has 1 saturated heterocycles. The molecule has 4 nitrogen and oxygen atoms in total. The van der Waals surface area contributed by atoms with E-state index in [0.717, 1.165) is 31.9 Å². The number of nitrogens with two attached hydrogens (primary N) is 1. The highest BCUT2D eigenvalue weighted by Gasteiger charge is 2.23. The van der Waals surface area contributed by atoms with Gasteiger partial charge in [-0.3, -0.25) is 9.69 Å². The minimum absolute atomic E-state index is 0.219. The van der Waals surface area contributed by atoms with E-state index in [1.165, 1.54) is 12.2 Å². The van der Waals surface area contributed by atoms with Crippen molar-refractivity contribution in [1.82, 2.24) is 9.80 Å². The molecule has 0 aliphatic carbocycles. The minimum atomic E-state index is 0.219. The van der Waals surface area contributed by atoms with Crippen molar-refractivity contribution in [3.8, 4) is 0 Å². The van der Waals surface area contributed by atoms with Crippen LogP contribution in [-0.4, -0.2) is 66.0 Å². The van der Waals surface area contributed by atoms with Crippen LogP contribution in [0.2, 0.25) is 0 Å². The van der Waals surface area contributed by atoms with Gasteiger partial charge in [0.05, 0.1) is 0 Å². The highest BCUT2D eigenvalue weighted by molar-refractivity contribution is 7.99. The van der Waals surface area contributed by atoms with E-state index in [9.17, 15) is 4.79 Å². The molecule has 0 bridgehead atoms. The number of carbonyl (C=O) groups is 1. The number of thioether (sulfide) groups is 1. The average Bonchev–Trinajstić information content (AvgIpc) is 2.66. The molecule has 18 heavy (non-hydrogen) atoms. The van der Waals surface area contributed by atoms with Gasteiger partial charge in [-0.25, -0.2) is 0 Å². The van der Waals surface area contributed by atoms with Crippen LogP contribution in [0.3, 0.4) is 0 Å². The molecule has 0 aromatic heterocycles. The maximum Gasteiger partial charge on any atom is 0.224 e. The van der Waals surface area contributed by atoms with Crippen molar-refractivity contribution >= 4 is 17.7 Å². The minimum Gasteiger partial charge on any atom is -0.343 e. The topological polar surface area (TPSA) is 49.6 Å². The predicted octanol–water partition coefficient (Wildman–Crippen LogP) is 1.01. The van der Waals surface area contributed by atoms with Crippen molar-refractivity contribution in [3.05, 3.63) is 0 Å². The first kappa shape index (κ1) is 15.8. The van der Waals surface area contributed by atoms with E-state index in [-0.39, 0.29) is 11.9 Å². The van der Waals surface area contributed by atoms with Gasteiger partial charge in [0.2, 0.25) is 5.91 Å². The summed E-state index contributed by atoms with van der Waals surface area (Å²) in [4.78, 5) is 16.4. The number of hydrogen-bond donors (Lipinski definition) is 1. The van der Waals surface area contributed by atoms with Crippen LogP contribution in [0.25, 0.3) is 0 Å². The van der Waals surface area contributed by atoms with Crippen molar-refractivity contribution in [2.45, 2.75) is 32.7 Å². The maximum atomic E-state index is 12.1. The zero-order valence-electron chi connectivity index (χ0n) is 11.7. The van der Waals surface area contributed by atoms with E-state index in [1.54, 1.807) is 0 Å². The highest BCUT2D eigenvalue weighted by atomic mass is 32.2. The molecule has 0 radical (unpaired) electrons. The Morgan fingerprint density at radius 2 is 2.06 bits per heavy atom. The molecule has 2 N–H and O–H groups in total. The van der Waals surface area contributed by atoms with E-state index in [4.69, 9.17) is 5.73 Å². The van der Waals surface area contributed by atoms with Gasteiger partial charge in [0.25, 0.3) is 0 Å². The average molecular weight is 273 g/mol. The van der Waals surface area contributed by atoms with Gasteiger partial charge in [0.1, 0.15) is 0 Å². The smallest absolute Gasteiger partial charge is 0.224 e. The lowest BCUT2D eigenvalue weighted by Crippen LogP contribution is -2.45. The van der Waals surface area contributed by atoms with Crippen LogP contribution in [-0.2, 0) is 4.79 Å². The van der Waals surface area contributed by atoms with Crippen molar-refractivity contribution in [1.29, 1.82) is 0 Å². The van der Waals surface area contributed by atoms with Gasteiger partial charge in [-0.1, -0.05) is 0 Å². The summed E-state index contributed by atoms with van der Waals surface area (Å²) in [6.07, 6.45) is 1.78. The molecule has 0 aromatic rings. The molecule has 1 unspecified atom stereocenters. The lowest BCUT2D eigenvalue weighted by molar-refractivity contribution is -0.132. The van der Waals surface area contributed by atoms with Gasteiger partial charge in [0, 0.05) is 44.4 Å². The predicted molar refractivity (Wildman–Crippen MR) is 78.9 cm³/mol. The van der Waals surface area contributed by atoms with Gasteiger partial charge in [-0.05, 0) is 32.6 Å². The van der Waals surface area contributed by atoms with E-state index in [2.05, 4.69) is 4.90 Å². The number of carbonyl (C=O) groups excluding carboxylic acids is 1. The monoisotopic (exact) mass is 273 g/mol. The largest absolute Gasteiger partial charge is 0.343 e. The molecule has 0 saturated carbocycles. The Labute approximate surface area is 115 Å². The Bertz CT molecular complexity index is 238. The van der Waals surface area contributed by atoms with Gasteiger partial charge in [0.15, 0.2) is 0 Å². The molecule has 106 valence electrons. The standard InChI is InChI=1S/C13H27N3OS/c1-3-15(4-2)13(17)10-12(11-14)16-6-5-8-18-9-7-16/h12H,3-11,14H2,1-2H3. The second kappa shape index (κ2) is 8.77. The molecule has 0 spiro atoms. The van der Waals surface area contributed by atoms with Gasteiger partial charge >= 0.3 is 0 Å². The second-order valence-electron chi connectivity index (χ2n) is 4.66. The van der Waals surface area contributed by atoms with Crippen molar-refractivity contribution < 1.29 is 4.79 Å². The third kappa shape index (κ3) is 4.78. The van der Waals surface area contributed by atoms with Crippen molar-refractivity contribution in [3.63, 3.8) is 0 Å². The third-order valence-electron chi connectivity index (χ3n) is 3.57. The van der Waals surface area contributed by atoms with Gasteiger partial charge < -0.3 is 10.6 Å². The molecular formula is C13H27N3OS. The molecular weight excluding hydrogens is 246 g/mol. The zero-order valence-corrected chi connectivity index (χ0v) is 12.5. The first-order chi connectivity index (χ1) is 8.72. The Morgan fingerprint density at radius 1 is 1.33 bits per heavy atom. The van der Waals surface area contributed by atoms with Gasteiger partial charge in [-0.2, -0.15) is 11.8 Å². The summed E-state index contributed by atoms with van der Waals surface area (Å²) in [5.41, 5.74) is 5.87. The van der Waals surface area contributed by atoms with Crippen molar-refractivity contribution in [2.24, 2.45) is 5.73 Å². The summed E-state index contributed by atoms with van der Waals surface area (Å²) >= 11 is 2.00. The fourth-order valence-corrected chi connectivity index (χ4v) is 3.30. The van der Waals surface area contributed by atoms with E-state index >= 15 is 0 Å². The van der Waals surface area contributed by atoms with E-state index in [1.807, 2.05) is 30.5 Å². The fraction of sp³-hybridized carbons (Fsp3) is 0.923. The van der Waals surface area contributed by atoms with Gasteiger partial charge in [-0.15, -0.1) is 0 Å². The van der Waals surface area contributed by atoms with Crippen LogP contribution in [0.5, 0.6) is 0 Å². The Balaban J connectivity index is 2.51. The molecule has 0 aromatic carbocycles. The highest BCUT2D eigenvalue weighted by Crippen LogP contribution is 2.14. The van der Waals surface area contributed by atoms with Crippen LogP contribution in [0.4, 0.5) is 0 Å². The Morgan fingerprint density at radius 3 is 2.67 bits per heavy atom. The number of amides is 1. The summed E-state index contributed by atoms with van der Waals surface area (Å²) in [7, 11) is 0. The molecule has 1 aliphatic heterocycles. The van der Waals surface area contributed by atoms with Crippen LogP contribution in [0.1, 0.15) is 26.7 Å². The maximum absolute atomic E-state index is 12.1. The van der Waals surface area contributed by atoms with Crippen LogP contribution in [0, 0.1) is 0 Å².